The Labute approximate surface area is 118 Å². The van der Waals surface area contributed by atoms with E-state index in [1.807, 2.05) is 0 Å². The van der Waals surface area contributed by atoms with Gasteiger partial charge in [0.1, 0.15) is 0 Å². The zero-order valence-corrected chi connectivity index (χ0v) is 12.4. The van der Waals surface area contributed by atoms with Crippen LogP contribution in [0.2, 0.25) is 0 Å². The van der Waals surface area contributed by atoms with Crippen molar-refractivity contribution in [1.82, 2.24) is 4.72 Å². The number of unbranched alkanes of at least 4 members (excludes halogenated alkanes) is 1. The monoisotopic (exact) mass is 301 g/mol. The summed E-state index contributed by atoms with van der Waals surface area (Å²) in [4.78, 5) is 10.3. The minimum absolute atomic E-state index is 0.107. The van der Waals surface area contributed by atoms with E-state index in [-0.39, 0.29) is 10.6 Å². The Balaban J connectivity index is 3.03. The minimum atomic E-state index is -3.66. The number of benzene rings is 1. The van der Waals surface area contributed by atoms with Gasteiger partial charge in [0.25, 0.3) is 5.69 Å². The van der Waals surface area contributed by atoms with E-state index < -0.39 is 14.9 Å². The van der Waals surface area contributed by atoms with Gasteiger partial charge in [0.2, 0.25) is 10.0 Å². The van der Waals surface area contributed by atoms with Gasteiger partial charge >= 0.3 is 0 Å². The Bertz CT molecular complexity index is 576. The maximum absolute atomic E-state index is 12.2. The number of nitro benzene ring substituents is 1. The van der Waals surface area contributed by atoms with E-state index in [1.54, 1.807) is 13.8 Å². The van der Waals surface area contributed by atoms with Gasteiger partial charge in [-0.1, -0.05) is 0 Å². The molecule has 0 aromatic heterocycles. The predicted molar refractivity (Wildman–Crippen MR) is 76.0 cm³/mol. The third kappa shape index (κ3) is 3.99. The Morgan fingerprint density at radius 1 is 1.25 bits per heavy atom. The number of sulfonamides is 1. The van der Waals surface area contributed by atoms with Crippen LogP contribution < -0.4 is 10.5 Å². The first-order chi connectivity index (χ1) is 9.29. The Hall–Kier alpha value is -1.51. The molecule has 0 radical (unpaired) electrons. The molecule has 1 rings (SSSR count). The molecule has 0 heterocycles. The zero-order valence-electron chi connectivity index (χ0n) is 11.5. The Morgan fingerprint density at radius 2 is 1.80 bits per heavy atom. The molecule has 0 amide bonds. The van der Waals surface area contributed by atoms with E-state index >= 15 is 0 Å². The second-order valence-corrected chi connectivity index (χ2v) is 6.26. The molecular formula is C12H19N3O4S. The lowest BCUT2D eigenvalue weighted by Crippen LogP contribution is -2.26. The van der Waals surface area contributed by atoms with E-state index in [0.717, 1.165) is 6.42 Å². The fourth-order valence-electron chi connectivity index (χ4n) is 2.00. The SMILES string of the molecule is Cc1cc([N+](=O)[O-])cc(C)c1S(=O)(=O)NCCCCN. The van der Waals surface area contributed by atoms with Crippen LogP contribution in [0.4, 0.5) is 5.69 Å². The number of rotatable bonds is 7. The van der Waals surface area contributed by atoms with Gasteiger partial charge in [-0.25, -0.2) is 13.1 Å². The molecule has 0 unspecified atom stereocenters. The summed E-state index contributed by atoms with van der Waals surface area (Å²) in [6, 6.07) is 2.53. The molecular weight excluding hydrogens is 282 g/mol. The molecule has 1 aromatic carbocycles. The van der Waals surface area contributed by atoms with Gasteiger partial charge in [0, 0.05) is 18.7 Å². The van der Waals surface area contributed by atoms with Crippen molar-refractivity contribution >= 4 is 15.7 Å². The highest BCUT2D eigenvalue weighted by molar-refractivity contribution is 7.89. The Kier molecular flexibility index (Phi) is 5.61. The van der Waals surface area contributed by atoms with Crippen LogP contribution in [0.25, 0.3) is 0 Å². The summed E-state index contributed by atoms with van der Waals surface area (Å²) >= 11 is 0. The molecule has 0 atom stereocenters. The molecule has 0 spiro atoms. The Morgan fingerprint density at radius 3 is 2.25 bits per heavy atom. The van der Waals surface area contributed by atoms with Gasteiger partial charge in [0.05, 0.1) is 9.82 Å². The topological polar surface area (TPSA) is 115 Å². The summed E-state index contributed by atoms with van der Waals surface area (Å²) in [5.41, 5.74) is 5.96. The summed E-state index contributed by atoms with van der Waals surface area (Å²) in [7, 11) is -3.66. The molecule has 112 valence electrons. The molecule has 0 saturated carbocycles. The van der Waals surface area contributed by atoms with Gasteiger partial charge in [-0.15, -0.1) is 0 Å². The largest absolute Gasteiger partial charge is 0.330 e. The second kappa shape index (κ2) is 6.78. The number of nitro groups is 1. The van der Waals surface area contributed by atoms with Gasteiger partial charge in [-0.05, 0) is 44.4 Å². The number of non-ortho nitro benzene ring substituents is 1. The molecule has 0 fully saturated rings. The van der Waals surface area contributed by atoms with Crippen LogP contribution in [-0.4, -0.2) is 26.4 Å². The molecule has 0 aliphatic rings. The van der Waals surface area contributed by atoms with Crippen LogP contribution in [0, 0.1) is 24.0 Å². The van der Waals surface area contributed by atoms with Crippen molar-refractivity contribution in [2.75, 3.05) is 13.1 Å². The summed E-state index contributed by atoms with van der Waals surface area (Å²) in [5.74, 6) is 0. The van der Waals surface area contributed by atoms with Crippen molar-refractivity contribution in [2.45, 2.75) is 31.6 Å². The average molecular weight is 301 g/mol. The summed E-state index contributed by atoms with van der Waals surface area (Å²) in [6.45, 7) is 3.91. The van der Waals surface area contributed by atoms with Crippen LogP contribution in [0.1, 0.15) is 24.0 Å². The van der Waals surface area contributed by atoms with Crippen molar-refractivity contribution in [2.24, 2.45) is 5.73 Å². The molecule has 20 heavy (non-hydrogen) atoms. The van der Waals surface area contributed by atoms with Crippen molar-refractivity contribution in [3.05, 3.63) is 33.4 Å². The first kappa shape index (κ1) is 16.5. The highest BCUT2D eigenvalue weighted by Gasteiger charge is 2.22. The lowest BCUT2D eigenvalue weighted by molar-refractivity contribution is -0.385. The number of hydrogen-bond acceptors (Lipinski definition) is 5. The maximum Gasteiger partial charge on any atom is 0.270 e. The van der Waals surface area contributed by atoms with E-state index in [2.05, 4.69) is 4.72 Å². The smallest absolute Gasteiger partial charge is 0.270 e. The van der Waals surface area contributed by atoms with Crippen LogP contribution in [0.15, 0.2) is 17.0 Å². The van der Waals surface area contributed by atoms with Crippen LogP contribution in [0.5, 0.6) is 0 Å². The number of aryl methyl sites for hydroxylation is 2. The average Bonchev–Trinajstić information content (AvgIpc) is 2.33. The van der Waals surface area contributed by atoms with Crippen LogP contribution in [0.3, 0.4) is 0 Å². The third-order valence-electron chi connectivity index (χ3n) is 2.85. The lowest BCUT2D eigenvalue weighted by Gasteiger charge is -2.12. The summed E-state index contributed by atoms with van der Waals surface area (Å²) in [5, 5.41) is 10.7. The standard InChI is InChI=1S/C12H19N3O4S/c1-9-7-11(15(16)17)8-10(2)12(9)20(18,19)14-6-4-3-5-13/h7-8,14H,3-6,13H2,1-2H3. The number of hydrogen-bond donors (Lipinski definition) is 2. The minimum Gasteiger partial charge on any atom is -0.330 e. The zero-order chi connectivity index (χ0) is 15.3. The molecule has 0 bridgehead atoms. The second-order valence-electron chi connectivity index (χ2n) is 4.56. The van der Waals surface area contributed by atoms with Gasteiger partial charge in [0.15, 0.2) is 0 Å². The fourth-order valence-corrected chi connectivity index (χ4v) is 3.53. The number of nitrogens with two attached hydrogens (primary N) is 1. The molecule has 0 aliphatic carbocycles. The first-order valence-corrected chi connectivity index (χ1v) is 7.73. The lowest BCUT2D eigenvalue weighted by atomic mass is 10.1. The highest BCUT2D eigenvalue weighted by atomic mass is 32.2. The summed E-state index contributed by atoms with van der Waals surface area (Å²) < 4.78 is 26.9. The normalized spacial score (nSPS) is 11.6. The maximum atomic E-state index is 12.2. The van der Waals surface area contributed by atoms with Crippen molar-refractivity contribution < 1.29 is 13.3 Å². The molecule has 8 heteroatoms. The molecule has 0 saturated heterocycles. The molecule has 0 aliphatic heterocycles. The highest BCUT2D eigenvalue weighted by Crippen LogP contribution is 2.25. The van der Waals surface area contributed by atoms with E-state index in [4.69, 9.17) is 5.73 Å². The van der Waals surface area contributed by atoms with Gasteiger partial charge < -0.3 is 5.73 Å². The number of nitrogens with zero attached hydrogens (tertiary/aromatic N) is 1. The number of nitrogens with one attached hydrogen (secondary N) is 1. The predicted octanol–water partition coefficient (Wildman–Crippen LogP) is 1.23. The van der Waals surface area contributed by atoms with E-state index in [9.17, 15) is 18.5 Å². The van der Waals surface area contributed by atoms with Gasteiger partial charge in [-0.3, -0.25) is 10.1 Å². The van der Waals surface area contributed by atoms with Crippen LogP contribution >= 0.6 is 0 Å². The van der Waals surface area contributed by atoms with E-state index in [1.165, 1.54) is 12.1 Å². The third-order valence-corrected chi connectivity index (χ3v) is 4.61. The van der Waals surface area contributed by atoms with Crippen molar-refractivity contribution in [3.8, 4) is 0 Å². The molecule has 1 aromatic rings. The van der Waals surface area contributed by atoms with Crippen molar-refractivity contribution in [1.29, 1.82) is 0 Å². The quantitative estimate of drug-likeness (QED) is 0.446. The van der Waals surface area contributed by atoms with Crippen molar-refractivity contribution in [3.63, 3.8) is 0 Å². The fraction of sp³-hybridized carbons (Fsp3) is 0.500. The van der Waals surface area contributed by atoms with E-state index in [0.29, 0.717) is 30.6 Å². The molecule has 7 nitrogen and oxygen atoms in total. The molecule has 3 N–H and O–H groups in total. The summed E-state index contributed by atoms with van der Waals surface area (Å²) in [6.07, 6.45) is 1.39. The van der Waals surface area contributed by atoms with Crippen LogP contribution in [-0.2, 0) is 10.0 Å². The first-order valence-electron chi connectivity index (χ1n) is 6.25. The van der Waals surface area contributed by atoms with Gasteiger partial charge in [-0.2, -0.15) is 0 Å².